The SMILES string of the molecule is NCCS(=O)(=O)Cc1nc2ccccc2s1. The van der Waals surface area contributed by atoms with Gasteiger partial charge in [0.15, 0.2) is 9.84 Å². The van der Waals surface area contributed by atoms with E-state index in [-0.39, 0.29) is 18.1 Å². The number of hydrogen-bond donors (Lipinski definition) is 1. The van der Waals surface area contributed by atoms with E-state index in [9.17, 15) is 8.42 Å². The van der Waals surface area contributed by atoms with Crippen LogP contribution in [0.15, 0.2) is 24.3 Å². The Morgan fingerprint density at radius 3 is 2.75 bits per heavy atom. The highest BCUT2D eigenvalue weighted by Gasteiger charge is 2.14. The Morgan fingerprint density at radius 2 is 2.06 bits per heavy atom. The van der Waals surface area contributed by atoms with Crippen molar-refractivity contribution in [3.63, 3.8) is 0 Å². The highest BCUT2D eigenvalue weighted by molar-refractivity contribution is 7.90. The molecule has 0 unspecified atom stereocenters. The topological polar surface area (TPSA) is 73.1 Å². The van der Waals surface area contributed by atoms with Gasteiger partial charge in [0.1, 0.15) is 10.8 Å². The van der Waals surface area contributed by atoms with Crippen molar-refractivity contribution in [2.75, 3.05) is 12.3 Å². The Bertz CT molecular complexity index is 557. The number of para-hydroxylation sites is 1. The van der Waals surface area contributed by atoms with Crippen LogP contribution in [0.25, 0.3) is 10.2 Å². The summed E-state index contributed by atoms with van der Waals surface area (Å²) in [7, 11) is -3.11. The average Bonchev–Trinajstić information content (AvgIpc) is 2.58. The van der Waals surface area contributed by atoms with E-state index in [0.717, 1.165) is 10.2 Å². The molecule has 0 radical (unpaired) electrons. The lowest BCUT2D eigenvalue weighted by molar-refractivity contribution is 0.595. The molecule has 4 nitrogen and oxygen atoms in total. The number of nitrogens with two attached hydrogens (primary N) is 1. The Kier molecular flexibility index (Phi) is 3.22. The first kappa shape index (κ1) is 11.5. The van der Waals surface area contributed by atoms with Gasteiger partial charge in [-0.1, -0.05) is 12.1 Å². The van der Waals surface area contributed by atoms with E-state index in [1.807, 2.05) is 24.3 Å². The third-order valence-electron chi connectivity index (χ3n) is 2.11. The molecular formula is C10H12N2O2S2. The molecule has 86 valence electrons. The lowest BCUT2D eigenvalue weighted by Gasteiger charge is -1.97. The van der Waals surface area contributed by atoms with Gasteiger partial charge in [0.2, 0.25) is 0 Å². The lowest BCUT2D eigenvalue weighted by atomic mass is 10.3. The zero-order chi connectivity index (χ0) is 11.6. The number of aromatic nitrogens is 1. The van der Waals surface area contributed by atoms with Gasteiger partial charge in [0.05, 0.1) is 16.0 Å². The first-order chi connectivity index (χ1) is 7.61. The molecule has 0 atom stereocenters. The predicted molar refractivity (Wildman–Crippen MR) is 66.2 cm³/mol. The molecule has 2 rings (SSSR count). The molecule has 0 aliphatic rings. The van der Waals surface area contributed by atoms with E-state index in [1.165, 1.54) is 11.3 Å². The van der Waals surface area contributed by atoms with Crippen LogP contribution in [0.3, 0.4) is 0 Å². The van der Waals surface area contributed by atoms with Crippen LogP contribution in [0, 0.1) is 0 Å². The van der Waals surface area contributed by atoms with Crippen LogP contribution in [-0.4, -0.2) is 25.7 Å². The Labute approximate surface area is 98.0 Å². The number of rotatable bonds is 4. The molecule has 6 heteroatoms. The summed E-state index contributed by atoms with van der Waals surface area (Å²) >= 11 is 1.42. The molecule has 16 heavy (non-hydrogen) atoms. The normalized spacial score (nSPS) is 12.1. The molecule has 0 saturated carbocycles. The Balaban J connectivity index is 2.28. The van der Waals surface area contributed by atoms with E-state index in [1.54, 1.807) is 0 Å². The smallest absolute Gasteiger partial charge is 0.158 e. The third kappa shape index (κ3) is 2.58. The number of benzene rings is 1. The zero-order valence-corrected chi connectivity index (χ0v) is 10.2. The molecular weight excluding hydrogens is 244 g/mol. The van der Waals surface area contributed by atoms with E-state index >= 15 is 0 Å². The monoisotopic (exact) mass is 256 g/mol. The van der Waals surface area contributed by atoms with Crippen molar-refractivity contribution >= 4 is 31.4 Å². The predicted octanol–water partition coefficient (Wildman–Crippen LogP) is 1.17. The summed E-state index contributed by atoms with van der Waals surface area (Å²) < 4.78 is 24.1. The summed E-state index contributed by atoms with van der Waals surface area (Å²) in [6.07, 6.45) is 0. The molecule has 1 heterocycles. The summed E-state index contributed by atoms with van der Waals surface area (Å²) in [5, 5.41) is 0.634. The Morgan fingerprint density at radius 1 is 1.31 bits per heavy atom. The summed E-state index contributed by atoms with van der Waals surface area (Å²) in [5.41, 5.74) is 6.10. The summed E-state index contributed by atoms with van der Waals surface area (Å²) in [4.78, 5) is 4.28. The third-order valence-corrected chi connectivity index (χ3v) is 4.90. The van der Waals surface area contributed by atoms with Crippen LogP contribution in [0.2, 0.25) is 0 Å². The van der Waals surface area contributed by atoms with E-state index in [2.05, 4.69) is 4.98 Å². The van der Waals surface area contributed by atoms with Crippen molar-refractivity contribution in [2.24, 2.45) is 5.73 Å². The van der Waals surface area contributed by atoms with Gasteiger partial charge < -0.3 is 5.73 Å². The van der Waals surface area contributed by atoms with Crippen LogP contribution in [0.4, 0.5) is 0 Å². The highest BCUT2D eigenvalue weighted by Crippen LogP contribution is 2.22. The standard InChI is InChI=1S/C10H12N2O2S2/c11-5-6-16(13,14)7-10-12-8-3-1-2-4-9(8)15-10/h1-4H,5-7,11H2. The molecule has 2 aromatic rings. The maximum atomic E-state index is 11.6. The number of nitrogens with zero attached hydrogens (tertiary/aromatic N) is 1. The number of thiazole rings is 1. The van der Waals surface area contributed by atoms with Crippen LogP contribution < -0.4 is 5.73 Å². The second-order valence-electron chi connectivity index (χ2n) is 3.46. The fourth-order valence-electron chi connectivity index (χ4n) is 1.42. The number of fused-ring (bicyclic) bond motifs is 1. The molecule has 0 saturated heterocycles. The van der Waals surface area contributed by atoms with Gasteiger partial charge in [-0.2, -0.15) is 0 Å². The van der Waals surface area contributed by atoms with Crippen LogP contribution in [-0.2, 0) is 15.6 Å². The van der Waals surface area contributed by atoms with Gasteiger partial charge in [0, 0.05) is 6.54 Å². The van der Waals surface area contributed by atoms with E-state index < -0.39 is 9.84 Å². The summed E-state index contributed by atoms with van der Waals surface area (Å²) in [5.74, 6) is 0.00642. The summed E-state index contributed by atoms with van der Waals surface area (Å²) in [6, 6.07) is 7.62. The fourth-order valence-corrected chi connectivity index (χ4v) is 3.90. The molecule has 2 N–H and O–H groups in total. The van der Waals surface area contributed by atoms with Crippen molar-refractivity contribution in [3.05, 3.63) is 29.3 Å². The van der Waals surface area contributed by atoms with Crippen LogP contribution >= 0.6 is 11.3 Å². The van der Waals surface area contributed by atoms with Gasteiger partial charge >= 0.3 is 0 Å². The zero-order valence-electron chi connectivity index (χ0n) is 8.59. The largest absolute Gasteiger partial charge is 0.329 e. The quantitative estimate of drug-likeness (QED) is 0.891. The number of hydrogen-bond acceptors (Lipinski definition) is 5. The van der Waals surface area contributed by atoms with Gasteiger partial charge in [-0.15, -0.1) is 11.3 Å². The second kappa shape index (κ2) is 4.48. The fraction of sp³-hybridized carbons (Fsp3) is 0.300. The summed E-state index contributed by atoms with van der Waals surface area (Å²) in [6.45, 7) is 0.160. The van der Waals surface area contributed by atoms with Crippen molar-refractivity contribution < 1.29 is 8.42 Å². The van der Waals surface area contributed by atoms with Gasteiger partial charge in [-0.3, -0.25) is 0 Å². The minimum Gasteiger partial charge on any atom is -0.329 e. The Hall–Kier alpha value is -0.980. The maximum absolute atomic E-state index is 11.6. The number of sulfone groups is 1. The molecule has 0 amide bonds. The van der Waals surface area contributed by atoms with Crippen LogP contribution in [0.5, 0.6) is 0 Å². The van der Waals surface area contributed by atoms with Crippen molar-refractivity contribution in [1.82, 2.24) is 4.98 Å². The lowest BCUT2D eigenvalue weighted by Crippen LogP contribution is -2.17. The van der Waals surface area contributed by atoms with Gasteiger partial charge in [0.25, 0.3) is 0 Å². The molecule has 0 spiro atoms. The molecule has 1 aromatic heterocycles. The van der Waals surface area contributed by atoms with Gasteiger partial charge in [-0.05, 0) is 12.1 Å². The van der Waals surface area contributed by atoms with Crippen molar-refractivity contribution in [2.45, 2.75) is 5.75 Å². The molecule has 1 aromatic carbocycles. The van der Waals surface area contributed by atoms with Crippen molar-refractivity contribution in [3.8, 4) is 0 Å². The molecule has 0 aliphatic heterocycles. The highest BCUT2D eigenvalue weighted by atomic mass is 32.2. The van der Waals surface area contributed by atoms with E-state index in [4.69, 9.17) is 5.73 Å². The molecule has 0 aliphatic carbocycles. The van der Waals surface area contributed by atoms with Crippen molar-refractivity contribution in [1.29, 1.82) is 0 Å². The first-order valence-electron chi connectivity index (χ1n) is 4.86. The maximum Gasteiger partial charge on any atom is 0.158 e. The average molecular weight is 256 g/mol. The molecule has 0 fully saturated rings. The van der Waals surface area contributed by atoms with Crippen LogP contribution in [0.1, 0.15) is 5.01 Å². The second-order valence-corrected chi connectivity index (χ2v) is 6.76. The van der Waals surface area contributed by atoms with E-state index in [0.29, 0.717) is 5.01 Å². The minimum absolute atomic E-state index is 0.0104. The first-order valence-corrected chi connectivity index (χ1v) is 7.49. The minimum atomic E-state index is -3.11. The van der Waals surface area contributed by atoms with Gasteiger partial charge in [-0.25, -0.2) is 13.4 Å². The molecule has 0 bridgehead atoms.